The van der Waals surface area contributed by atoms with E-state index in [1.54, 1.807) is 24.8 Å². The third-order valence-electron chi connectivity index (χ3n) is 2.92. The molecule has 0 spiro atoms. The summed E-state index contributed by atoms with van der Waals surface area (Å²) in [5.74, 6) is 0.932. The van der Waals surface area contributed by atoms with Crippen molar-refractivity contribution in [3.63, 3.8) is 0 Å². The normalized spacial score (nSPS) is 22.6. The quantitative estimate of drug-likeness (QED) is 0.734. The first-order valence-corrected chi connectivity index (χ1v) is 8.77. The zero-order valence-corrected chi connectivity index (χ0v) is 12.2. The second kappa shape index (κ2) is 6.58. The van der Waals surface area contributed by atoms with Crippen LogP contribution in [0.1, 0.15) is 13.3 Å². The highest BCUT2D eigenvalue weighted by Crippen LogP contribution is 2.22. The van der Waals surface area contributed by atoms with Crippen molar-refractivity contribution in [2.24, 2.45) is 5.73 Å². The van der Waals surface area contributed by atoms with Crippen molar-refractivity contribution in [3.8, 4) is 0 Å². The van der Waals surface area contributed by atoms with E-state index in [1.165, 1.54) is 4.90 Å². The van der Waals surface area contributed by atoms with Crippen LogP contribution in [0.25, 0.3) is 0 Å². The Morgan fingerprint density at radius 3 is 2.89 bits per heavy atom. The van der Waals surface area contributed by atoms with Crippen LogP contribution >= 0.6 is 11.8 Å². The van der Waals surface area contributed by atoms with Gasteiger partial charge in [0.1, 0.15) is 5.37 Å². The topological polar surface area (TPSA) is 80.5 Å². The third-order valence-corrected chi connectivity index (χ3v) is 6.21. The summed E-state index contributed by atoms with van der Waals surface area (Å²) in [6.07, 6.45) is 1.94. The summed E-state index contributed by atoms with van der Waals surface area (Å²) >= 11 is 1.56. The standard InChI is InChI=1S/C11H20N2O3S2/c1-3-5-9(12)11(14)13-6-7-17-8-10(13)18(15,16)4-2/h3,9-10H,1,4-8,12H2,2H3. The van der Waals surface area contributed by atoms with Gasteiger partial charge in [0.25, 0.3) is 0 Å². The summed E-state index contributed by atoms with van der Waals surface area (Å²) < 4.78 is 24.0. The molecule has 104 valence electrons. The van der Waals surface area contributed by atoms with Crippen molar-refractivity contribution in [2.45, 2.75) is 24.8 Å². The number of rotatable bonds is 5. The maximum Gasteiger partial charge on any atom is 0.240 e. The lowest BCUT2D eigenvalue weighted by atomic mass is 10.2. The monoisotopic (exact) mass is 292 g/mol. The molecule has 1 heterocycles. The average Bonchev–Trinajstić information content (AvgIpc) is 2.38. The van der Waals surface area contributed by atoms with Gasteiger partial charge in [0.2, 0.25) is 5.91 Å². The fourth-order valence-corrected chi connectivity index (χ4v) is 4.79. The Kier molecular flexibility index (Phi) is 5.68. The van der Waals surface area contributed by atoms with E-state index in [9.17, 15) is 13.2 Å². The second-order valence-corrected chi connectivity index (χ2v) is 7.74. The van der Waals surface area contributed by atoms with E-state index in [2.05, 4.69) is 6.58 Å². The fourth-order valence-electron chi connectivity index (χ4n) is 1.82. The zero-order chi connectivity index (χ0) is 13.8. The molecule has 2 atom stereocenters. The number of thioether (sulfide) groups is 1. The molecule has 0 aromatic rings. The van der Waals surface area contributed by atoms with E-state index < -0.39 is 21.3 Å². The van der Waals surface area contributed by atoms with Crippen LogP contribution in [-0.2, 0) is 14.6 Å². The highest BCUT2D eigenvalue weighted by molar-refractivity contribution is 8.01. The lowest BCUT2D eigenvalue weighted by molar-refractivity contribution is -0.132. The van der Waals surface area contributed by atoms with E-state index in [-0.39, 0.29) is 11.7 Å². The van der Waals surface area contributed by atoms with Crippen molar-refractivity contribution in [1.29, 1.82) is 0 Å². The lowest BCUT2D eigenvalue weighted by Gasteiger charge is -2.36. The molecule has 1 rings (SSSR count). The first kappa shape index (κ1) is 15.5. The van der Waals surface area contributed by atoms with Gasteiger partial charge in [0, 0.05) is 23.8 Å². The van der Waals surface area contributed by atoms with Crippen molar-refractivity contribution in [3.05, 3.63) is 12.7 Å². The van der Waals surface area contributed by atoms with Crippen LogP contribution in [0.4, 0.5) is 0 Å². The van der Waals surface area contributed by atoms with Crippen LogP contribution in [0.5, 0.6) is 0 Å². The van der Waals surface area contributed by atoms with Crippen LogP contribution in [0.15, 0.2) is 12.7 Å². The molecule has 0 aromatic heterocycles. The van der Waals surface area contributed by atoms with Gasteiger partial charge in [-0.2, -0.15) is 11.8 Å². The molecule has 2 N–H and O–H groups in total. The summed E-state index contributed by atoms with van der Waals surface area (Å²) in [6, 6.07) is -0.694. The first-order chi connectivity index (χ1) is 8.44. The average molecular weight is 292 g/mol. The maximum absolute atomic E-state index is 12.1. The minimum atomic E-state index is -3.26. The van der Waals surface area contributed by atoms with Gasteiger partial charge in [-0.05, 0) is 6.42 Å². The molecule has 1 aliphatic heterocycles. The Morgan fingerprint density at radius 1 is 1.67 bits per heavy atom. The van der Waals surface area contributed by atoms with E-state index in [4.69, 9.17) is 5.73 Å². The van der Waals surface area contributed by atoms with Gasteiger partial charge >= 0.3 is 0 Å². The Bertz CT molecular complexity index is 409. The maximum atomic E-state index is 12.1. The molecule has 1 fully saturated rings. The van der Waals surface area contributed by atoms with E-state index in [1.807, 2.05) is 0 Å². The number of sulfone groups is 1. The molecule has 0 saturated carbocycles. The van der Waals surface area contributed by atoms with Crippen molar-refractivity contribution >= 4 is 27.5 Å². The molecule has 7 heteroatoms. The zero-order valence-electron chi connectivity index (χ0n) is 10.5. The number of hydrogen-bond acceptors (Lipinski definition) is 5. The molecule has 2 unspecified atom stereocenters. The molecular formula is C11H20N2O3S2. The number of hydrogen-bond donors (Lipinski definition) is 1. The first-order valence-electron chi connectivity index (χ1n) is 5.90. The molecule has 5 nitrogen and oxygen atoms in total. The number of nitrogens with zero attached hydrogens (tertiary/aromatic N) is 1. The number of nitrogens with two attached hydrogens (primary N) is 1. The largest absolute Gasteiger partial charge is 0.323 e. The minimum absolute atomic E-state index is 0.0404. The molecule has 0 aromatic carbocycles. The van der Waals surface area contributed by atoms with Crippen molar-refractivity contribution in [1.82, 2.24) is 4.90 Å². The lowest BCUT2D eigenvalue weighted by Crippen LogP contribution is -2.55. The molecule has 0 radical (unpaired) electrons. The van der Waals surface area contributed by atoms with Gasteiger partial charge in [-0.1, -0.05) is 13.0 Å². The molecule has 18 heavy (non-hydrogen) atoms. The van der Waals surface area contributed by atoms with Crippen molar-refractivity contribution in [2.75, 3.05) is 23.8 Å². The summed E-state index contributed by atoms with van der Waals surface area (Å²) in [6.45, 7) is 5.58. The van der Waals surface area contributed by atoms with Gasteiger partial charge in [0.05, 0.1) is 6.04 Å². The van der Waals surface area contributed by atoms with E-state index >= 15 is 0 Å². The third kappa shape index (κ3) is 3.49. The number of carbonyl (C=O) groups is 1. The van der Waals surface area contributed by atoms with Crippen LogP contribution < -0.4 is 5.73 Å². The summed E-state index contributed by atoms with van der Waals surface area (Å²) in [7, 11) is -3.26. The molecule has 0 aliphatic carbocycles. The minimum Gasteiger partial charge on any atom is -0.323 e. The van der Waals surface area contributed by atoms with E-state index in [0.717, 1.165) is 5.75 Å². The van der Waals surface area contributed by atoms with Gasteiger partial charge < -0.3 is 10.6 Å². The summed E-state index contributed by atoms with van der Waals surface area (Å²) in [5.41, 5.74) is 5.74. The predicted octanol–water partition coefficient (Wildman–Crippen LogP) is 0.226. The van der Waals surface area contributed by atoms with Crippen LogP contribution in [0, 0.1) is 0 Å². The Morgan fingerprint density at radius 2 is 2.33 bits per heavy atom. The fraction of sp³-hybridized carbons (Fsp3) is 0.727. The van der Waals surface area contributed by atoms with Gasteiger partial charge in [-0.15, -0.1) is 6.58 Å². The predicted molar refractivity (Wildman–Crippen MR) is 75.1 cm³/mol. The van der Waals surface area contributed by atoms with Crippen LogP contribution in [0.3, 0.4) is 0 Å². The smallest absolute Gasteiger partial charge is 0.240 e. The highest BCUT2D eigenvalue weighted by atomic mass is 32.2. The molecular weight excluding hydrogens is 272 g/mol. The van der Waals surface area contributed by atoms with Gasteiger partial charge in [-0.25, -0.2) is 8.42 Å². The van der Waals surface area contributed by atoms with Crippen molar-refractivity contribution < 1.29 is 13.2 Å². The Hall–Kier alpha value is -0.530. The second-order valence-electron chi connectivity index (χ2n) is 4.14. The summed E-state index contributed by atoms with van der Waals surface area (Å²) in [4.78, 5) is 13.6. The highest BCUT2D eigenvalue weighted by Gasteiger charge is 2.37. The molecule has 1 amide bonds. The van der Waals surface area contributed by atoms with E-state index in [0.29, 0.717) is 18.7 Å². The molecule has 0 bridgehead atoms. The Labute approximate surface area is 113 Å². The van der Waals surface area contributed by atoms with Gasteiger partial charge in [-0.3, -0.25) is 4.79 Å². The number of amides is 1. The van der Waals surface area contributed by atoms with Crippen LogP contribution in [0.2, 0.25) is 0 Å². The van der Waals surface area contributed by atoms with Crippen LogP contribution in [-0.4, -0.2) is 54.4 Å². The molecule has 1 aliphatic rings. The summed E-state index contributed by atoms with van der Waals surface area (Å²) in [5, 5.41) is -0.732. The Balaban J connectivity index is 2.89. The number of carbonyl (C=O) groups excluding carboxylic acids is 1. The molecule has 1 saturated heterocycles. The SMILES string of the molecule is C=CCC(N)C(=O)N1CCSCC1S(=O)(=O)CC. The van der Waals surface area contributed by atoms with Gasteiger partial charge in [0.15, 0.2) is 9.84 Å².